The molecule has 0 saturated heterocycles. The topological polar surface area (TPSA) is 100.0 Å². The van der Waals surface area contributed by atoms with E-state index in [2.05, 4.69) is 0 Å². The van der Waals surface area contributed by atoms with Gasteiger partial charge in [0.25, 0.3) is 0 Å². The minimum absolute atomic E-state index is 1.05. The molecule has 0 aromatic carbocycles. The highest BCUT2D eigenvalue weighted by atomic mass is 16.3. The molecular weight excluding hydrogens is 116 g/mol. The van der Waals surface area contributed by atoms with Gasteiger partial charge in [0.2, 0.25) is 0 Å². The Labute approximate surface area is 43.3 Å². The van der Waals surface area contributed by atoms with E-state index in [9.17, 15) is 4.79 Å². The van der Waals surface area contributed by atoms with E-state index in [0.717, 1.165) is 0 Å². The number of amides is 2. The van der Waals surface area contributed by atoms with Gasteiger partial charge in [-0.3, -0.25) is 0 Å². The molecule has 0 aliphatic carbocycles. The first-order chi connectivity index (χ1) is 3.81. The third kappa shape index (κ3) is 2.69. The van der Waals surface area contributed by atoms with Gasteiger partial charge in [-0.2, -0.15) is 10.9 Å². The Bertz CT molecular complexity index is 97.9. The minimum Gasteiger partial charge on any atom is -0.245 e. The largest absolute Gasteiger partial charge is 0.360 e. The van der Waals surface area contributed by atoms with E-state index in [0.29, 0.717) is 0 Å². The number of hydrogen-bond donors (Lipinski definition) is 2. The summed E-state index contributed by atoms with van der Waals surface area (Å²) in [5, 5.41) is 3.89. The first-order valence-electron chi connectivity index (χ1n) is 1.52. The van der Waals surface area contributed by atoms with Crippen LogP contribution >= 0.6 is 0 Å². The summed E-state index contributed by atoms with van der Waals surface area (Å²) in [5.74, 6) is 0. The number of nitrogens with one attached hydrogen (secondary N) is 2. The van der Waals surface area contributed by atoms with Crippen molar-refractivity contribution in [3.63, 3.8) is 0 Å². The normalized spacial score (nSPS) is 7.00. The van der Waals surface area contributed by atoms with Crippen molar-refractivity contribution in [1.82, 2.24) is 10.9 Å². The molecule has 0 aromatic rings. The fourth-order valence-electron chi connectivity index (χ4n) is 0.108. The third-order valence-electron chi connectivity index (χ3n) is 0.294. The van der Waals surface area contributed by atoms with E-state index < -0.39 is 6.03 Å². The SMILES string of the molecule is O=NNC(=O)NN=O. The van der Waals surface area contributed by atoms with Crippen LogP contribution in [0.2, 0.25) is 0 Å². The molecular formula is CH2N4O3. The molecule has 0 heterocycles. The van der Waals surface area contributed by atoms with Crippen molar-refractivity contribution in [1.29, 1.82) is 0 Å². The highest BCUT2D eigenvalue weighted by molar-refractivity contribution is 5.72. The average Bonchev–Trinajstić information content (AvgIpc) is 1.68. The van der Waals surface area contributed by atoms with E-state index in [1.54, 1.807) is 0 Å². The maximum absolute atomic E-state index is 9.83. The van der Waals surface area contributed by atoms with Crippen molar-refractivity contribution in [3.05, 3.63) is 9.81 Å². The second kappa shape index (κ2) is 3.65. The molecule has 0 aromatic heterocycles. The van der Waals surface area contributed by atoms with E-state index in [1.165, 1.54) is 10.9 Å². The zero-order valence-corrected chi connectivity index (χ0v) is 3.62. The summed E-state index contributed by atoms with van der Waals surface area (Å²) in [7, 11) is 0. The molecule has 0 fully saturated rings. The molecule has 0 atom stereocenters. The van der Waals surface area contributed by atoms with Crippen molar-refractivity contribution in [3.8, 4) is 0 Å². The van der Waals surface area contributed by atoms with Gasteiger partial charge in [0.1, 0.15) is 0 Å². The molecule has 8 heavy (non-hydrogen) atoms. The van der Waals surface area contributed by atoms with Crippen LogP contribution in [0, 0.1) is 9.81 Å². The number of urea groups is 1. The molecule has 0 spiro atoms. The van der Waals surface area contributed by atoms with Gasteiger partial charge in [-0.25, -0.2) is 4.79 Å². The van der Waals surface area contributed by atoms with Crippen molar-refractivity contribution in [2.24, 2.45) is 10.6 Å². The first kappa shape index (κ1) is 6.47. The molecule has 0 bridgehead atoms. The van der Waals surface area contributed by atoms with Gasteiger partial charge in [-0.15, -0.1) is 9.81 Å². The molecule has 7 heteroatoms. The zero-order valence-electron chi connectivity index (χ0n) is 3.62. The number of nitrogens with zero attached hydrogens (tertiary/aromatic N) is 2. The summed E-state index contributed by atoms with van der Waals surface area (Å²) in [6.07, 6.45) is 0. The van der Waals surface area contributed by atoms with Gasteiger partial charge in [-0.1, -0.05) is 0 Å². The van der Waals surface area contributed by atoms with E-state index in [1.807, 2.05) is 10.6 Å². The Morgan fingerprint density at radius 1 is 1.12 bits per heavy atom. The van der Waals surface area contributed by atoms with Crippen LogP contribution < -0.4 is 10.9 Å². The molecule has 0 aliphatic rings. The van der Waals surface area contributed by atoms with Crippen LogP contribution in [-0.4, -0.2) is 6.03 Å². The zero-order chi connectivity index (χ0) is 6.41. The Morgan fingerprint density at radius 2 is 1.50 bits per heavy atom. The maximum Gasteiger partial charge on any atom is 0.360 e. The number of nitroso groups, excluding NO2 is 2. The molecule has 0 saturated carbocycles. The van der Waals surface area contributed by atoms with Gasteiger partial charge in [0.05, 0.1) is 10.6 Å². The van der Waals surface area contributed by atoms with Crippen LogP contribution in [0.4, 0.5) is 4.79 Å². The summed E-state index contributed by atoms with van der Waals surface area (Å²) >= 11 is 0. The second-order valence-electron chi connectivity index (χ2n) is 0.735. The van der Waals surface area contributed by atoms with Crippen LogP contribution in [0.25, 0.3) is 0 Å². The highest BCUT2D eigenvalue weighted by Crippen LogP contribution is 1.60. The van der Waals surface area contributed by atoms with Crippen LogP contribution in [0.3, 0.4) is 0 Å². The minimum atomic E-state index is -1.05. The Hall–Kier alpha value is -1.53. The van der Waals surface area contributed by atoms with Crippen LogP contribution in [-0.2, 0) is 0 Å². The molecule has 0 unspecified atom stereocenters. The van der Waals surface area contributed by atoms with Crippen LogP contribution in [0.15, 0.2) is 10.6 Å². The first-order valence-corrected chi connectivity index (χ1v) is 1.52. The fraction of sp³-hybridized carbons (Fsp3) is 0. The lowest BCUT2D eigenvalue weighted by Crippen LogP contribution is -2.26. The molecule has 2 N–H and O–H groups in total. The van der Waals surface area contributed by atoms with Crippen molar-refractivity contribution >= 4 is 6.03 Å². The van der Waals surface area contributed by atoms with Gasteiger partial charge in [-0.05, 0) is 0 Å². The molecule has 7 nitrogen and oxygen atoms in total. The summed E-state index contributed by atoms with van der Waals surface area (Å²) in [6, 6.07) is -1.05. The van der Waals surface area contributed by atoms with E-state index >= 15 is 0 Å². The predicted molar refractivity (Wildman–Crippen MR) is 23.3 cm³/mol. The number of hydrogen-bond acceptors (Lipinski definition) is 5. The molecule has 0 rings (SSSR count). The van der Waals surface area contributed by atoms with Crippen molar-refractivity contribution < 1.29 is 4.79 Å². The highest BCUT2D eigenvalue weighted by Gasteiger charge is 1.93. The van der Waals surface area contributed by atoms with Crippen molar-refractivity contribution in [2.45, 2.75) is 0 Å². The summed E-state index contributed by atoms with van der Waals surface area (Å²) < 4.78 is 0. The molecule has 0 aliphatic heterocycles. The lowest BCUT2D eigenvalue weighted by atomic mass is 11.1. The molecule has 0 radical (unpaired) electrons. The smallest absolute Gasteiger partial charge is 0.245 e. The average molecular weight is 118 g/mol. The second-order valence-corrected chi connectivity index (χ2v) is 0.735. The summed E-state index contributed by atoms with van der Waals surface area (Å²) in [6.45, 7) is 0. The molecule has 2 amide bonds. The van der Waals surface area contributed by atoms with E-state index in [4.69, 9.17) is 9.81 Å². The number of carbonyl (C=O) groups is 1. The maximum atomic E-state index is 9.83. The quantitative estimate of drug-likeness (QED) is 0.382. The third-order valence-corrected chi connectivity index (χ3v) is 0.294. The Morgan fingerprint density at radius 3 is 1.75 bits per heavy atom. The van der Waals surface area contributed by atoms with Gasteiger partial charge < -0.3 is 0 Å². The lowest BCUT2D eigenvalue weighted by molar-refractivity contribution is 0.241. The van der Waals surface area contributed by atoms with Crippen LogP contribution in [0.5, 0.6) is 0 Å². The van der Waals surface area contributed by atoms with Gasteiger partial charge in [0, 0.05) is 0 Å². The standard InChI is InChI=1S/CH2N4O3/c6-1(2-4-7)3-5-8/h(H2,2,3,6,7,8). The van der Waals surface area contributed by atoms with E-state index in [-0.39, 0.29) is 0 Å². The van der Waals surface area contributed by atoms with Gasteiger partial charge in [0.15, 0.2) is 0 Å². The Kier molecular flexibility index (Phi) is 2.95. The van der Waals surface area contributed by atoms with Crippen LogP contribution in [0.1, 0.15) is 0 Å². The van der Waals surface area contributed by atoms with Crippen molar-refractivity contribution in [2.75, 3.05) is 0 Å². The Balaban J connectivity index is 3.32. The number of carbonyl (C=O) groups excluding carboxylic acids is 1. The lowest BCUT2D eigenvalue weighted by Gasteiger charge is -1.85. The molecule has 44 valence electrons. The predicted octanol–water partition coefficient (Wildman–Crippen LogP) is -0.352. The number of rotatable bonds is 2. The monoisotopic (exact) mass is 118 g/mol. The summed E-state index contributed by atoms with van der Waals surface area (Å²) in [4.78, 5) is 28.1. The fourth-order valence-corrected chi connectivity index (χ4v) is 0.108. The summed E-state index contributed by atoms with van der Waals surface area (Å²) in [5.41, 5.74) is 2.74. The van der Waals surface area contributed by atoms with Gasteiger partial charge >= 0.3 is 6.03 Å².